The molecule has 90 valence electrons. The molecule has 2 rings (SSSR count). The van der Waals surface area contributed by atoms with Crippen molar-refractivity contribution in [3.8, 4) is 0 Å². The number of benzene rings is 1. The number of rotatable bonds is 5. The maximum Gasteiger partial charge on any atom is 0.235 e. The Morgan fingerprint density at radius 3 is 2.47 bits per heavy atom. The Morgan fingerprint density at radius 1 is 1.29 bits per heavy atom. The lowest BCUT2D eigenvalue weighted by Crippen LogP contribution is -2.24. The minimum atomic E-state index is -0.277. The zero-order valence-corrected chi connectivity index (χ0v) is 10.4. The summed E-state index contributed by atoms with van der Waals surface area (Å²) in [5, 5.41) is 0. The largest absolute Gasteiger partial charge is 0.372 e. The first kappa shape index (κ1) is 11.9. The molecule has 0 unspecified atom stereocenters. The van der Waals surface area contributed by atoms with Gasteiger partial charge in [-0.1, -0.05) is 18.2 Å². The number of hydrogen-bond acceptors (Lipinski definition) is 3. The summed E-state index contributed by atoms with van der Waals surface area (Å²) in [5.41, 5.74) is 2.10. The number of carbonyl (C=O) groups excluding carboxylic acids is 1. The Hall–Kier alpha value is -1.60. The van der Waals surface area contributed by atoms with Crippen molar-refractivity contribution in [2.24, 2.45) is 4.99 Å². The van der Waals surface area contributed by atoms with Gasteiger partial charge in [-0.3, -0.25) is 0 Å². The molecular formula is C14H18N2O. The second-order valence-electron chi connectivity index (χ2n) is 4.42. The van der Waals surface area contributed by atoms with Gasteiger partial charge in [0.2, 0.25) is 6.08 Å². The Morgan fingerprint density at radius 2 is 1.94 bits per heavy atom. The predicted molar refractivity (Wildman–Crippen MR) is 69.0 cm³/mol. The van der Waals surface area contributed by atoms with Crippen molar-refractivity contribution >= 4 is 11.8 Å². The third-order valence-corrected chi connectivity index (χ3v) is 3.49. The van der Waals surface area contributed by atoms with E-state index in [-0.39, 0.29) is 5.54 Å². The molecule has 0 aromatic heterocycles. The average Bonchev–Trinajstić information content (AvgIpc) is 3.13. The predicted octanol–water partition coefficient (Wildman–Crippen LogP) is 2.86. The lowest BCUT2D eigenvalue weighted by molar-refractivity contribution is 0.556. The van der Waals surface area contributed by atoms with E-state index in [1.165, 1.54) is 11.3 Å². The second-order valence-corrected chi connectivity index (χ2v) is 4.42. The number of anilines is 1. The van der Waals surface area contributed by atoms with E-state index in [4.69, 9.17) is 0 Å². The van der Waals surface area contributed by atoms with Crippen LogP contribution >= 0.6 is 0 Å². The zero-order valence-electron chi connectivity index (χ0n) is 10.4. The van der Waals surface area contributed by atoms with Crippen molar-refractivity contribution < 1.29 is 4.79 Å². The Bertz CT molecular complexity index is 441. The number of para-hydroxylation sites is 1. The molecule has 0 bridgehead atoms. The molecule has 0 atom stereocenters. The highest BCUT2D eigenvalue weighted by molar-refractivity contribution is 5.59. The maximum absolute atomic E-state index is 10.5. The topological polar surface area (TPSA) is 32.7 Å². The molecule has 1 fully saturated rings. The third-order valence-electron chi connectivity index (χ3n) is 3.49. The monoisotopic (exact) mass is 230 g/mol. The van der Waals surface area contributed by atoms with Crippen LogP contribution in [0.4, 0.5) is 5.69 Å². The molecule has 0 aliphatic heterocycles. The smallest absolute Gasteiger partial charge is 0.235 e. The van der Waals surface area contributed by atoms with Crippen LogP contribution in [0.25, 0.3) is 0 Å². The van der Waals surface area contributed by atoms with E-state index in [1.54, 1.807) is 6.08 Å². The van der Waals surface area contributed by atoms with Gasteiger partial charge in [-0.15, -0.1) is 0 Å². The van der Waals surface area contributed by atoms with Gasteiger partial charge >= 0.3 is 0 Å². The Labute approximate surface area is 102 Å². The van der Waals surface area contributed by atoms with E-state index in [1.807, 2.05) is 12.1 Å². The van der Waals surface area contributed by atoms with Crippen molar-refractivity contribution in [3.63, 3.8) is 0 Å². The van der Waals surface area contributed by atoms with Gasteiger partial charge in [0.05, 0.1) is 0 Å². The van der Waals surface area contributed by atoms with Gasteiger partial charge in [0.25, 0.3) is 0 Å². The van der Waals surface area contributed by atoms with Crippen LogP contribution in [0.3, 0.4) is 0 Å². The molecule has 1 aromatic carbocycles. The first-order valence-corrected chi connectivity index (χ1v) is 6.21. The normalized spacial score (nSPS) is 16.1. The molecule has 1 aliphatic rings. The number of hydrogen-bond donors (Lipinski definition) is 0. The van der Waals surface area contributed by atoms with Gasteiger partial charge in [0.1, 0.15) is 5.54 Å². The number of nitrogens with zero attached hydrogens (tertiary/aromatic N) is 2. The van der Waals surface area contributed by atoms with Crippen LogP contribution in [0.1, 0.15) is 32.3 Å². The van der Waals surface area contributed by atoms with Gasteiger partial charge in [-0.2, -0.15) is 4.99 Å². The van der Waals surface area contributed by atoms with Gasteiger partial charge < -0.3 is 4.90 Å². The van der Waals surface area contributed by atoms with Crippen LogP contribution in [-0.4, -0.2) is 19.2 Å². The molecule has 3 heteroatoms. The summed E-state index contributed by atoms with van der Waals surface area (Å²) in [6, 6.07) is 8.25. The summed E-state index contributed by atoms with van der Waals surface area (Å²) in [7, 11) is 0. The fourth-order valence-electron chi connectivity index (χ4n) is 2.35. The van der Waals surface area contributed by atoms with Crippen LogP contribution in [0.2, 0.25) is 0 Å². The van der Waals surface area contributed by atoms with Gasteiger partial charge in [-0.25, -0.2) is 4.79 Å². The fourth-order valence-corrected chi connectivity index (χ4v) is 2.35. The van der Waals surface area contributed by atoms with E-state index >= 15 is 0 Å². The van der Waals surface area contributed by atoms with Gasteiger partial charge in [0, 0.05) is 24.3 Å². The molecule has 0 saturated heterocycles. The van der Waals surface area contributed by atoms with Crippen LogP contribution in [-0.2, 0) is 10.3 Å². The van der Waals surface area contributed by atoms with Crippen molar-refractivity contribution in [3.05, 3.63) is 29.8 Å². The highest BCUT2D eigenvalue weighted by Gasteiger charge is 2.46. The SMILES string of the molecule is CCN(CC)c1ccccc1C1(N=C=O)CC1. The molecule has 3 nitrogen and oxygen atoms in total. The Kier molecular flexibility index (Phi) is 3.30. The minimum Gasteiger partial charge on any atom is -0.372 e. The number of isocyanates is 1. The minimum absolute atomic E-state index is 0.277. The lowest BCUT2D eigenvalue weighted by atomic mass is 10.0. The van der Waals surface area contributed by atoms with Crippen LogP contribution in [0, 0.1) is 0 Å². The Balaban J connectivity index is 2.44. The van der Waals surface area contributed by atoms with E-state index in [0.29, 0.717) is 0 Å². The number of aliphatic imine (C=N–C) groups is 1. The van der Waals surface area contributed by atoms with Gasteiger partial charge in [-0.05, 0) is 32.8 Å². The third kappa shape index (κ3) is 2.11. The summed E-state index contributed by atoms with van der Waals surface area (Å²) in [5.74, 6) is 0. The second kappa shape index (κ2) is 4.72. The van der Waals surface area contributed by atoms with Crippen LogP contribution in [0.15, 0.2) is 29.3 Å². The summed E-state index contributed by atoms with van der Waals surface area (Å²) < 4.78 is 0. The van der Waals surface area contributed by atoms with E-state index in [9.17, 15) is 4.79 Å². The van der Waals surface area contributed by atoms with Crippen molar-refractivity contribution in [1.29, 1.82) is 0 Å². The van der Waals surface area contributed by atoms with Crippen molar-refractivity contribution in [2.45, 2.75) is 32.2 Å². The molecule has 0 N–H and O–H groups in total. The van der Waals surface area contributed by atoms with E-state index in [0.717, 1.165) is 25.9 Å². The van der Waals surface area contributed by atoms with Crippen molar-refractivity contribution in [1.82, 2.24) is 0 Å². The van der Waals surface area contributed by atoms with Gasteiger partial charge in [0.15, 0.2) is 0 Å². The van der Waals surface area contributed by atoms with Crippen LogP contribution in [0.5, 0.6) is 0 Å². The molecular weight excluding hydrogens is 212 g/mol. The molecule has 1 aliphatic carbocycles. The van der Waals surface area contributed by atoms with E-state index in [2.05, 4.69) is 35.9 Å². The molecule has 17 heavy (non-hydrogen) atoms. The molecule has 0 heterocycles. The molecule has 1 saturated carbocycles. The lowest BCUT2D eigenvalue weighted by Gasteiger charge is -2.26. The fraction of sp³-hybridized carbons (Fsp3) is 0.500. The maximum atomic E-state index is 10.5. The molecule has 0 radical (unpaired) electrons. The first-order chi connectivity index (χ1) is 8.27. The van der Waals surface area contributed by atoms with Crippen LogP contribution < -0.4 is 4.90 Å². The average molecular weight is 230 g/mol. The summed E-state index contributed by atoms with van der Waals surface area (Å²) in [6.45, 7) is 6.22. The molecule has 0 spiro atoms. The summed E-state index contributed by atoms with van der Waals surface area (Å²) in [4.78, 5) is 16.9. The summed E-state index contributed by atoms with van der Waals surface area (Å²) >= 11 is 0. The molecule has 1 aromatic rings. The quantitative estimate of drug-likeness (QED) is 0.575. The standard InChI is InChI=1S/C14H18N2O/c1-3-16(4-2)13-8-6-5-7-12(13)14(9-10-14)15-11-17/h5-8H,3-4,9-10H2,1-2H3. The van der Waals surface area contributed by atoms with E-state index < -0.39 is 0 Å². The first-order valence-electron chi connectivity index (χ1n) is 6.21. The summed E-state index contributed by atoms with van der Waals surface area (Å²) in [6.07, 6.45) is 3.65. The molecule has 0 amide bonds. The highest BCUT2D eigenvalue weighted by atomic mass is 16.1. The van der Waals surface area contributed by atoms with Crippen molar-refractivity contribution in [2.75, 3.05) is 18.0 Å². The zero-order chi connectivity index (χ0) is 12.3. The highest BCUT2D eigenvalue weighted by Crippen LogP contribution is 2.52.